The summed E-state index contributed by atoms with van der Waals surface area (Å²) in [6.07, 6.45) is 6.15. The molecule has 4 rings (SSSR count). The van der Waals surface area contributed by atoms with Crippen LogP contribution >= 0.6 is 0 Å². The molecule has 4 heteroatoms. The highest BCUT2D eigenvalue weighted by Gasteiger charge is 2.27. The Morgan fingerprint density at radius 3 is 2.83 bits per heavy atom. The van der Waals surface area contributed by atoms with Gasteiger partial charge in [-0.25, -0.2) is 4.98 Å². The molecule has 1 aromatic carbocycles. The molecule has 2 fully saturated rings. The van der Waals surface area contributed by atoms with E-state index in [1.807, 2.05) is 18.2 Å². The lowest BCUT2D eigenvalue weighted by molar-refractivity contribution is 0.292. The molecule has 1 unspecified atom stereocenters. The molecule has 1 aliphatic heterocycles. The summed E-state index contributed by atoms with van der Waals surface area (Å²) in [5.74, 6) is 2.18. The molecule has 1 saturated carbocycles. The summed E-state index contributed by atoms with van der Waals surface area (Å²) in [4.78, 5) is 4.49. The van der Waals surface area contributed by atoms with Gasteiger partial charge in [0.25, 0.3) is 0 Å². The van der Waals surface area contributed by atoms with Gasteiger partial charge >= 0.3 is 0 Å². The first-order valence-corrected chi connectivity index (χ1v) is 9.02. The molecule has 126 valence electrons. The van der Waals surface area contributed by atoms with E-state index in [1.54, 1.807) is 0 Å². The average molecular weight is 323 g/mol. The van der Waals surface area contributed by atoms with Crippen LogP contribution in [0, 0.1) is 0 Å². The molecule has 24 heavy (non-hydrogen) atoms. The zero-order valence-corrected chi connectivity index (χ0v) is 14.0. The second-order valence-electron chi connectivity index (χ2n) is 6.90. The summed E-state index contributed by atoms with van der Waals surface area (Å²) in [5.41, 5.74) is 9.35. The number of nitrogens with two attached hydrogens (primary N) is 1. The summed E-state index contributed by atoms with van der Waals surface area (Å²) in [7, 11) is 0. The van der Waals surface area contributed by atoms with Gasteiger partial charge in [-0.1, -0.05) is 6.07 Å². The smallest absolute Gasteiger partial charge is 0.124 e. The van der Waals surface area contributed by atoms with E-state index in [0.717, 1.165) is 31.0 Å². The van der Waals surface area contributed by atoms with E-state index in [1.165, 1.54) is 36.8 Å². The fraction of sp³-hybridized carbons (Fsp3) is 0.450. The van der Waals surface area contributed by atoms with Gasteiger partial charge in [-0.2, -0.15) is 0 Å². The number of pyridine rings is 1. The second-order valence-corrected chi connectivity index (χ2v) is 6.90. The van der Waals surface area contributed by atoms with Crippen molar-refractivity contribution in [3.05, 3.63) is 42.0 Å². The molecule has 1 saturated heterocycles. The van der Waals surface area contributed by atoms with Crippen molar-refractivity contribution in [2.75, 3.05) is 18.9 Å². The second kappa shape index (κ2) is 6.81. The van der Waals surface area contributed by atoms with Crippen LogP contribution < -0.4 is 15.8 Å². The lowest BCUT2D eigenvalue weighted by atomic mass is 9.99. The van der Waals surface area contributed by atoms with E-state index in [4.69, 9.17) is 10.5 Å². The van der Waals surface area contributed by atoms with Crippen LogP contribution in [0.3, 0.4) is 0 Å². The first kappa shape index (κ1) is 15.5. The minimum absolute atomic E-state index is 0.568. The van der Waals surface area contributed by atoms with Gasteiger partial charge < -0.3 is 15.8 Å². The van der Waals surface area contributed by atoms with Gasteiger partial charge in [0.1, 0.15) is 11.6 Å². The molecular formula is C20H25N3O. The first-order valence-electron chi connectivity index (χ1n) is 9.02. The molecule has 0 spiro atoms. The van der Waals surface area contributed by atoms with Gasteiger partial charge in [0.05, 0.1) is 12.3 Å². The van der Waals surface area contributed by atoms with E-state index < -0.39 is 0 Å². The molecule has 3 N–H and O–H groups in total. The number of hydrogen-bond acceptors (Lipinski definition) is 4. The third-order valence-corrected chi connectivity index (χ3v) is 4.98. The Kier molecular flexibility index (Phi) is 4.39. The van der Waals surface area contributed by atoms with Gasteiger partial charge in [0, 0.05) is 11.6 Å². The highest BCUT2D eigenvalue weighted by atomic mass is 16.5. The Morgan fingerprint density at radius 1 is 1.17 bits per heavy atom. The van der Waals surface area contributed by atoms with E-state index in [2.05, 4.69) is 28.5 Å². The summed E-state index contributed by atoms with van der Waals surface area (Å²) in [6, 6.07) is 12.9. The minimum atomic E-state index is 0.568. The topological polar surface area (TPSA) is 60.2 Å². The van der Waals surface area contributed by atoms with Gasteiger partial charge in [-0.15, -0.1) is 0 Å². The van der Waals surface area contributed by atoms with Crippen LogP contribution in [-0.2, 0) is 0 Å². The van der Waals surface area contributed by atoms with Crippen LogP contribution in [0.4, 0.5) is 5.82 Å². The molecule has 4 nitrogen and oxygen atoms in total. The number of aromatic nitrogens is 1. The standard InChI is InChI=1S/C20H25N3O/c21-20-5-1-4-19(23-20)17-9-8-16(13-18(17)14-6-7-14)24-12-10-15-3-2-11-22-15/h1,4-5,8-9,13-15,22H,2-3,6-7,10-12H2,(H2,21,23). The molecule has 2 aromatic rings. The first-order chi connectivity index (χ1) is 11.8. The highest BCUT2D eigenvalue weighted by molar-refractivity contribution is 5.67. The van der Waals surface area contributed by atoms with Crippen molar-refractivity contribution in [2.24, 2.45) is 0 Å². The zero-order valence-electron chi connectivity index (χ0n) is 14.0. The molecule has 0 amide bonds. The Morgan fingerprint density at radius 2 is 2.08 bits per heavy atom. The Labute approximate surface area is 143 Å². The predicted octanol–water partition coefficient (Wildman–Crippen LogP) is 3.73. The molecule has 1 aliphatic carbocycles. The summed E-state index contributed by atoms with van der Waals surface area (Å²) in [5, 5.41) is 3.52. The summed E-state index contributed by atoms with van der Waals surface area (Å²) < 4.78 is 6.02. The molecule has 2 heterocycles. The third-order valence-electron chi connectivity index (χ3n) is 4.98. The van der Waals surface area contributed by atoms with Crippen LogP contribution in [-0.4, -0.2) is 24.2 Å². The van der Waals surface area contributed by atoms with Crippen molar-refractivity contribution in [2.45, 2.75) is 44.1 Å². The number of benzene rings is 1. The van der Waals surface area contributed by atoms with E-state index in [0.29, 0.717) is 17.8 Å². The Bertz CT molecular complexity index is 706. The van der Waals surface area contributed by atoms with E-state index in [-0.39, 0.29) is 0 Å². The predicted molar refractivity (Wildman–Crippen MR) is 97.2 cm³/mol. The van der Waals surface area contributed by atoms with Crippen LogP contribution in [0.5, 0.6) is 5.75 Å². The maximum Gasteiger partial charge on any atom is 0.124 e. The Hall–Kier alpha value is -2.07. The van der Waals surface area contributed by atoms with Crippen molar-refractivity contribution < 1.29 is 4.74 Å². The maximum absolute atomic E-state index is 6.02. The van der Waals surface area contributed by atoms with Crippen molar-refractivity contribution in [1.82, 2.24) is 10.3 Å². The van der Waals surface area contributed by atoms with Crippen molar-refractivity contribution in [3.63, 3.8) is 0 Å². The fourth-order valence-corrected chi connectivity index (χ4v) is 3.52. The van der Waals surface area contributed by atoms with Gasteiger partial charge in [-0.3, -0.25) is 0 Å². The van der Waals surface area contributed by atoms with Crippen LogP contribution in [0.2, 0.25) is 0 Å². The van der Waals surface area contributed by atoms with Gasteiger partial charge in [0.15, 0.2) is 0 Å². The molecular weight excluding hydrogens is 298 g/mol. The van der Waals surface area contributed by atoms with Crippen LogP contribution in [0.25, 0.3) is 11.3 Å². The quantitative estimate of drug-likeness (QED) is 0.850. The highest BCUT2D eigenvalue weighted by Crippen LogP contribution is 2.45. The van der Waals surface area contributed by atoms with Gasteiger partial charge in [0.2, 0.25) is 0 Å². The number of hydrogen-bond donors (Lipinski definition) is 2. The molecule has 1 atom stereocenters. The SMILES string of the molecule is Nc1cccc(-c2ccc(OCCC3CCCN3)cc2C2CC2)n1. The normalized spacial score (nSPS) is 20.2. The maximum atomic E-state index is 6.02. The number of nitrogen functional groups attached to an aromatic ring is 1. The van der Waals surface area contributed by atoms with E-state index in [9.17, 15) is 0 Å². The van der Waals surface area contributed by atoms with Gasteiger partial charge in [-0.05, 0) is 80.5 Å². The molecule has 2 aliphatic rings. The monoisotopic (exact) mass is 323 g/mol. The summed E-state index contributed by atoms with van der Waals surface area (Å²) >= 11 is 0. The van der Waals surface area contributed by atoms with Crippen LogP contribution in [0.15, 0.2) is 36.4 Å². The molecule has 0 radical (unpaired) electrons. The molecule has 1 aromatic heterocycles. The number of nitrogens with one attached hydrogen (secondary N) is 1. The number of nitrogens with zero attached hydrogens (tertiary/aromatic N) is 1. The summed E-state index contributed by atoms with van der Waals surface area (Å²) in [6.45, 7) is 1.93. The third kappa shape index (κ3) is 3.54. The Balaban J connectivity index is 1.49. The van der Waals surface area contributed by atoms with E-state index >= 15 is 0 Å². The number of anilines is 1. The minimum Gasteiger partial charge on any atom is -0.494 e. The average Bonchev–Trinajstić information content (AvgIpc) is 3.32. The lowest BCUT2D eigenvalue weighted by Crippen LogP contribution is -2.23. The van der Waals surface area contributed by atoms with Crippen molar-refractivity contribution in [1.29, 1.82) is 0 Å². The zero-order chi connectivity index (χ0) is 16.4. The van der Waals surface area contributed by atoms with Crippen LogP contribution in [0.1, 0.15) is 43.6 Å². The number of ether oxygens (including phenoxy) is 1. The lowest BCUT2D eigenvalue weighted by Gasteiger charge is -2.14. The van der Waals surface area contributed by atoms with Crippen molar-refractivity contribution in [3.8, 4) is 17.0 Å². The van der Waals surface area contributed by atoms with Crippen molar-refractivity contribution >= 4 is 5.82 Å². The number of rotatable bonds is 6. The largest absolute Gasteiger partial charge is 0.494 e. The fourth-order valence-electron chi connectivity index (χ4n) is 3.52. The molecule has 0 bridgehead atoms.